The maximum Gasteiger partial charge on any atom is 0.0956 e. The number of benzene rings is 1. The quantitative estimate of drug-likeness (QED) is 0.589. The molecule has 0 aliphatic carbocycles. The summed E-state index contributed by atoms with van der Waals surface area (Å²) in [5, 5.41) is 4.58. The summed E-state index contributed by atoms with van der Waals surface area (Å²) in [6.45, 7) is 9.26. The Labute approximate surface area is 149 Å². The standard InChI is InChI=1S/C20H26N4O/c1-4-25-13-12-23-15-21-20(18-8-6-5-7-9-18)19(23)10-11-24-17(3)14-16(2)22-24/h5-9,14-15H,4,10-13H2,1-3H3. The van der Waals surface area contributed by atoms with Gasteiger partial charge < -0.3 is 9.30 Å². The average Bonchev–Trinajstić information content (AvgIpc) is 3.16. The molecular formula is C20H26N4O. The van der Waals surface area contributed by atoms with E-state index >= 15 is 0 Å². The normalized spacial score (nSPS) is 11.2. The van der Waals surface area contributed by atoms with E-state index in [-0.39, 0.29) is 0 Å². The molecule has 0 amide bonds. The zero-order valence-electron chi connectivity index (χ0n) is 15.3. The molecule has 0 saturated heterocycles. The van der Waals surface area contributed by atoms with Crippen molar-refractivity contribution in [3.8, 4) is 11.3 Å². The van der Waals surface area contributed by atoms with E-state index in [0.29, 0.717) is 6.61 Å². The predicted molar refractivity (Wildman–Crippen MR) is 99.6 cm³/mol. The molecule has 0 fully saturated rings. The summed E-state index contributed by atoms with van der Waals surface area (Å²) >= 11 is 0. The van der Waals surface area contributed by atoms with Crippen molar-refractivity contribution in [3.05, 3.63) is 59.8 Å². The number of rotatable bonds is 8. The van der Waals surface area contributed by atoms with E-state index in [1.165, 1.54) is 11.4 Å². The monoisotopic (exact) mass is 338 g/mol. The molecule has 0 unspecified atom stereocenters. The summed E-state index contributed by atoms with van der Waals surface area (Å²) in [5.74, 6) is 0. The second-order valence-electron chi connectivity index (χ2n) is 6.20. The molecule has 2 aromatic heterocycles. The fourth-order valence-corrected chi connectivity index (χ4v) is 3.12. The van der Waals surface area contributed by atoms with Gasteiger partial charge in [0.1, 0.15) is 0 Å². The first kappa shape index (κ1) is 17.4. The highest BCUT2D eigenvalue weighted by molar-refractivity contribution is 5.61. The van der Waals surface area contributed by atoms with E-state index in [4.69, 9.17) is 4.74 Å². The van der Waals surface area contributed by atoms with E-state index < -0.39 is 0 Å². The third-order valence-electron chi connectivity index (χ3n) is 4.34. The molecule has 0 atom stereocenters. The number of nitrogens with zero attached hydrogens (tertiary/aromatic N) is 4. The molecule has 0 radical (unpaired) electrons. The second kappa shape index (κ2) is 8.12. The lowest BCUT2D eigenvalue weighted by molar-refractivity contribution is 0.138. The molecule has 3 rings (SSSR count). The largest absolute Gasteiger partial charge is 0.380 e. The average molecular weight is 338 g/mol. The number of hydrogen-bond donors (Lipinski definition) is 0. The van der Waals surface area contributed by atoms with Gasteiger partial charge in [0.05, 0.1) is 24.3 Å². The predicted octanol–water partition coefficient (Wildman–Crippen LogP) is 3.64. The highest BCUT2D eigenvalue weighted by atomic mass is 16.5. The molecule has 0 aliphatic rings. The lowest BCUT2D eigenvalue weighted by Crippen LogP contribution is -2.12. The van der Waals surface area contributed by atoms with Crippen molar-refractivity contribution in [2.45, 2.75) is 40.3 Å². The number of ether oxygens (including phenoxy) is 1. The molecule has 2 heterocycles. The Balaban J connectivity index is 1.85. The molecule has 0 bridgehead atoms. The van der Waals surface area contributed by atoms with Gasteiger partial charge in [0.2, 0.25) is 0 Å². The molecule has 3 aromatic rings. The van der Waals surface area contributed by atoms with Crippen LogP contribution in [0.25, 0.3) is 11.3 Å². The first-order valence-electron chi connectivity index (χ1n) is 8.87. The van der Waals surface area contributed by atoms with Crippen molar-refractivity contribution in [2.75, 3.05) is 13.2 Å². The van der Waals surface area contributed by atoms with E-state index in [1.54, 1.807) is 0 Å². The summed E-state index contributed by atoms with van der Waals surface area (Å²) in [6, 6.07) is 12.5. The Morgan fingerprint density at radius 2 is 1.88 bits per heavy atom. The molecule has 0 aliphatic heterocycles. The van der Waals surface area contributed by atoms with Gasteiger partial charge in [0, 0.05) is 43.1 Å². The van der Waals surface area contributed by atoms with Crippen molar-refractivity contribution in [2.24, 2.45) is 0 Å². The fraction of sp³-hybridized carbons (Fsp3) is 0.400. The smallest absolute Gasteiger partial charge is 0.0956 e. The van der Waals surface area contributed by atoms with Gasteiger partial charge in [-0.1, -0.05) is 30.3 Å². The van der Waals surface area contributed by atoms with Crippen LogP contribution in [0.15, 0.2) is 42.7 Å². The summed E-state index contributed by atoms with van der Waals surface area (Å²) in [4.78, 5) is 4.68. The van der Waals surface area contributed by atoms with E-state index in [1.807, 2.05) is 26.2 Å². The summed E-state index contributed by atoms with van der Waals surface area (Å²) < 4.78 is 9.81. The Kier molecular flexibility index (Phi) is 5.66. The van der Waals surface area contributed by atoms with Gasteiger partial charge >= 0.3 is 0 Å². The van der Waals surface area contributed by atoms with E-state index in [9.17, 15) is 0 Å². The minimum absolute atomic E-state index is 0.702. The van der Waals surface area contributed by atoms with Crippen LogP contribution in [-0.2, 0) is 24.2 Å². The number of aryl methyl sites for hydroxylation is 3. The van der Waals surface area contributed by atoms with Crippen LogP contribution in [0.1, 0.15) is 24.0 Å². The first-order chi connectivity index (χ1) is 12.2. The van der Waals surface area contributed by atoms with Crippen LogP contribution >= 0.6 is 0 Å². The zero-order valence-corrected chi connectivity index (χ0v) is 15.3. The molecule has 0 saturated carbocycles. The molecule has 0 N–H and O–H groups in total. The molecule has 1 aromatic carbocycles. The molecule has 0 spiro atoms. The SMILES string of the molecule is CCOCCn1cnc(-c2ccccc2)c1CCn1nc(C)cc1C. The van der Waals surface area contributed by atoms with Crippen LogP contribution in [0.2, 0.25) is 0 Å². The minimum atomic E-state index is 0.702. The summed E-state index contributed by atoms with van der Waals surface area (Å²) in [5.41, 5.74) is 5.70. The van der Waals surface area contributed by atoms with Gasteiger partial charge in [-0.2, -0.15) is 5.10 Å². The maximum absolute atomic E-state index is 5.53. The lowest BCUT2D eigenvalue weighted by Gasteiger charge is -2.11. The molecule has 5 nitrogen and oxygen atoms in total. The van der Waals surface area contributed by atoms with Gasteiger partial charge in [0.25, 0.3) is 0 Å². The summed E-state index contributed by atoms with van der Waals surface area (Å²) in [7, 11) is 0. The van der Waals surface area contributed by atoms with Crippen LogP contribution in [0.3, 0.4) is 0 Å². The van der Waals surface area contributed by atoms with Crippen LogP contribution in [0.4, 0.5) is 0 Å². The van der Waals surface area contributed by atoms with Gasteiger partial charge in [0.15, 0.2) is 0 Å². The van der Waals surface area contributed by atoms with Crippen molar-refractivity contribution < 1.29 is 4.74 Å². The number of hydrogen-bond acceptors (Lipinski definition) is 3. The highest BCUT2D eigenvalue weighted by Crippen LogP contribution is 2.23. The van der Waals surface area contributed by atoms with Crippen LogP contribution < -0.4 is 0 Å². The molecule has 132 valence electrons. The third-order valence-corrected chi connectivity index (χ3v) is 4.34. The first-order valence-corrected chi connectivity index (χ1v) is 8.87. The van der Waals surface area contributed by atoms with Crippen molar-refractivity contribution >= 4 is 0 Å². The molecule has 5 heteroatoms. The minimum Gasteiger partial charge on any atom is -0.380 e. The van der Waals surface area contributed by atoms with Gasteiger partial charge in [-0.3, -0.25) is 4.68 Å². The van der Waals surface area contributed by atoms with Gasteiger partial charge in [-0.05, 0) is 26.8 Å². The Hall–Kier alpha value is -2.40. The molecule has 25 heavy (non-hydrogen) atoms. The van der Waals surface area contributed by atoms with Crippen molar-refractivity contribution in [1.29, 1.82) is 0 Å². The Morgan fingerprint density at radius 3 is 2.56 bits per heavy atom. The highest BCUT2D eigenvalue weighted by Gasteiger charge is 2.13. The van der Waals surface area contributed by atoms with Crippen LogP contribution in [0.5, 0.6) is 0 Å². The van der Waals surface area contributed by atoms with Gasteiger partial charge in [-0.15, -0.1) is 0 Å². The lowest BCUT2D eigenvalue weighted by atomic mass is 10.1. The van der Waals surface area contributed by atoms with E-state index in [2.05, 4.69) is 56.6 Å². The maximum atomic E-state index is 5.53. The molecular weight excluding hydrogens is 312 g/mol. The zero-order chi connectivity index (χ0) is 17.6. The number of aromatic nitrogens is 4. The van der Waals surface area contributed by atoms with Gasteiger partial charge in [-0.25, -0.2) is 4.98 Å². The third kappa shape index (κ3) is 4.17. The van der Waals surface area contributed by atoms with Crippen LogP contribution in [0, 0.1) is 13.8 Å². The van der Waals surface area contributed by atoms with Crippen molar-refractivity contribution in [3.63, 3.8) is 0 Å². The number of imidazole rings is 1. The van der Waals surface area contributed by atoms with E-state index in [0.717, 1.165) is 43.1 Å². The fourth-order valence-electron chi connectivity index (χ4n) is 3.12. The second-order valence-corrected chi connectivity index (χ2v) is 6.20. The Morgan fingerprint density at radius 1 is 1.08 bits per heavy atom. The topological polar surface area (TPSA) is 44.9 Å². The summed E-state index contributed by atoms with van der Waals surface area (Å²) in [6.07, 6.45) is 2.82. The van der Waals surface area contributed by atoms with Crippen LogP contribution in [-0.4, -0.2) is 32.5 Å². The Bertz CT molecular complexity index is 804. The van der Waals surface area contributed by atoms with Crippen molar-refractivity contribution in [1.82, 2.24) is 19.3 Å².